The van der Waals surface area contributed by atoms with Crippen molar-refractivity contribution >= 4 is 0 Å². The molecule has 1 aromatic heterocycles. The number of hydrogen-bond acceptors (Lipinski definition) is 3. The number of aryl methyl sites for hydroxylation is 1. The Labute approximate surface area is 101 Å². The molecule has 3 heteroatoms. The van der Waals surface area contributed by atoms with Gasteiger partial charge < -0.3 is 9.47 Å². The van der Waals surface area contributed by atoms with Crippen LogP contribution < -0.4 is 9.47 Å². The number of ether oxygens (including phenoxy) is 2. The van der Waals surface area contributed by atoms with Gasteiger partial charge >= 0.3 is 0 Å². The fourth-order valence-electron chi connectivity index (χ4n) is 1.50. The third kappa shape index (κ3) is 2.97. The molecule has 0 atom stereocenters. The zero-order valence-electron chi connectivity index (χ0n) is 10.0. The molecule has 0 aliphatic heterocycles. The summed E-state index contributed by atoms with van der Waals surface area (Å²) < 4.78 is 10.8. The first-order chi connectivity index (χ1) is 8.29. The average molecular weight is 229 g/mol. The van der Waals surface area contributed by atoms with Crippen LogP contribution in [0, 0.1) is 6.92 Å². The molecule has 0 spiro atoms. The van der Waals surface area contributed by atoms with E-state index in [0.29, 0.717) is 6.61 Å². The van der Waals surface area contributed by atoms with Crippen molar-refractivity contribution in [2.75, 3.05) is 7.11 Å². The zero-order chi connectivity index (χ0) is 12.1. The first-order valence-corrected chi connectivity index (χ1v) is 5.47. The smallest absolute Gasteiger partial charge is 0.141 e. The summed E-state index contributed by atoms with van der Waals surface area (Å²) in [5.74, 6) is 1.68. The van der Waals surface area contributed by atoms with Gasteiger partial charge in [-0.25, -0.2) is 0 Å². The van der Waals surface area contributed by atoms with E-state index in [4.69, 9.17) is 9.47 Å². The highest BCUT2D eigenvalue weighted by Crippen LogP contribution is 2.17. The van der Waals surface area contributed by atoms with Crippen LogP contribution in [-0.4, -0.2) is 12.1 Å². The van der Waals surface area contributed by atoms with Crippen LogP contribution in [0.1, 0.15) is 11.3 Å². The number of hydrogen-bond donors (Lipinski definition) is 0. The Morgan fingerprint density at radius 3 is 2.53 bits per heavy atom. The summed E-state index contributed by atoms with van der Waals surface area (Å²) in [6.45, 7) is 2.47. The van der Waals surface area contributed by atoms with Crippen LogP contribution in [0.25, 0.3) is 0 Å². The largest absolute Gasteiger partial charge is 0.497 e. The van der Waals surface area contributed by atoms with Crippen molar-refractivity contribution in [3.8, 4) is 11.5 Å². The number of methoxy groups -OCH3 is 1. The normalized spacial score (nSPS) is 10.0. The van der Waals surface area contributed by atoms with Crippen molar-refractivity contribution in [1.82, 2.24) is 4.98 Å². The first-order valence-electron chi connectivity index (χ1n) is 5.47. The van der Waals surface area contributed by atoms with Crippen molar-refractivity contribution in [3.05, 3.63) is 53.9 Å². The minimum Gasteiger partial charge on any atom is -0.497 e. The minimum absolute atomic E-state index is 0.538. The maximum absolute atomic E-state index is 5.69. The van der Waals surface area contributed by atoms with Gasteiger partial charge in [-0.3, -0.25) is 4.98 Å². The lowest BCUT2D eigenvalue weighted by Crippen LogP contribution is -1.97. The molecule has 0 bridgehead atoms. The monoisotopic (exact) mass is 229 g/mol. The summed E-state index contributed by atoms with van der Waals surface area (Å²) in [6, 6.07) is 11.6. The van der Waals surface area contributed by atoms with E-state index in [2.05, 4.69) is 4.98 Å². The molecule has 0 radical (unpaired) electrons. The van der Waals surface area contributed by atoms with Crippen LogP contribution in [0.5, 0.6) is 11.5 Å². The van der Waals surface area contributed by atoms with E-state index >= 15 is 0 Å². The predicted molar refractivity (Wildman–Crippen MR) is 66.3 cm³/mol. The molecule has 0 saturated heterocycles. The Balaban J connectivity index is 2.00. The standard InChI is InChI=1S/C14H15NO2/c1-11-14(4-3-9-15-11)17-10-12-5-7-13(16-2)8-6-12/h3-9H,10H2,1-2H3. The van der Waals surface area contributed by atoms with Gasteiger partial charge in [0.25, 0.3) is 0 Å². The minimum atomic E-state index is 0.538. The summed E-state index contributed by atoms with van der Waals surface area (Å²) >= 11 is 0. The third-order valence-corrected chi connectivity index (χ3v) is 2.51. The van der Waals surface area contributed by atoms with Crippen LogP contribution in [-0.2, 0) is 6.61 Å². The van der Waals surface area contributed by atoms with Gasteiger partial charge in [-0.2, -0.15) is 0 Å². The Morgan fingerprint density at radius 2 is 1.88 bits per heavy atom. The number of nitrogens with zero attached hydrogens (tertiary/aromatic N) is 1. The van der Waals surface area contributed by atoms with Gasteiger partial charge in [-0.15, -0.1) is 0 Å². The molecule has 88 valence electrons. The van der Waals surface area contributed by atoms with E-state index < -0.39 is 0 Å². The van der Waals surface area contributed by atoms with Gasteiger partial charge in [-0.1, -0.05) is 12.1 Å². The van der Waals surface area contributed by atoms with Crippen molar-refractivity contribution in [2.24, 2.45) is 0 Å². The molecular weight excluding hydrogens is 214 g/mol. The van der Waals surface area contributed by atoms with E-state index in [1.807, 2.05) is 43.3 Å². The molecule has 0 unspecified atom stereocenters. The molecule has 0 N–H and O–H groups in total. The summed E-state index contributed by atoms with van der Waals surface area (Å²) in [7, 11) is 1.66. The van der Waals surface area contributed by atoms with Gasteiger partial charge in [0, 0.05) is 6.20 Å². The molecule has 2 rings (SSSR count). The van der Waals surface area contributed by atoms with E-state index in [1.54, 1.807) is 13.3 Å². The number of benzene rings is 1. The molecule has 0 aliphatic rings. The lowest BCUT2D eigenvalue weighted by atomic mass is 10.2. The summed E-state index contributed by atoms with van der Waals surface area (Å²) in [6.07, 6.45) is 1.76. The van der Waals surface area contributed by atoms with E-state index in [1.165, 1.54) is 0 Å². The van der Waals surface area contributed by atoms with Gasteiger partial charge in [0.15, 0.2) is 0 Å². The molecule has 0 aliphatic carbocycles. The molecule has 0 fully saturated rings. The summed E-state index contributed by atoms with van der Waals surface area (Å²) in [5.41, 5.74) is 2.01. The van der Waals surface area contributed by atoms with E-state index in [-0.39, 0.29) is 0 Å². The fraction of sp³-hybridized carbons (Fsp3) is 0.214. The Morgan fingerprint density at radius 1 is 1.12 bits per heavy atom. The second-order valence-corrected chi connectivity index (χ2v) is 3.72. The molecular formula is C14H15NO2. The third-order valence-electron chi connectivity index (χ3n) is 2.51. The van der Waals surface area contributed by atoms with Crippen LogP contribution in [0.4, 0.5) is 0 Å². The molecule has 0 saturated carbocycles. The van der Waals surface area contributed by atoms with E-state index in [0.717, 1.165) is 22.8 Å². The predicted octanol–water partition coefficient (Wildman–Crippen LogP) is 2.98. The lowest BCUT2D eigenvalue weighted by Gasteiger charge is -2.08. The van der Waals surface area contributed by atoms with Gasteiger partial charge in [0.1, 0.15) is 18.1 Å². The maximum Gasteiger partial charge on any atom is 0.141 e. The molecule has 3 nitrogen and oxygen atoms in total. The number of pyridine rings is 1. The topological polar surface area (TPSA) is 31.4 Å². The van der Waals surface area contributed by atoms with Gasteiger partial charge in [0.2, 0.25) is 0 Å². The lowest BCUT2D eigenvalue weighted by molar-refractivity contribution is 0.302. The first kappa shape index (κ1) is 11.5. The van der Waals surface area contributed by atoms with Crippen LogP contribution in [0.3, 0.4) is 0 Å². The SMILES string of the molecule is COc1ccc(COc2cccnc2C)cc1. The Bertz CT molecular complexity index is 480. The van der Waals surface area contributed by atoms with E-state index in [9.17, 15) is 0 Å². The zero-order valence-corrected chi connectivity index (χ0v) is 10.0. The Hall–Kier alpha value is -2.03. The Kier molecular flexibility index (Phi) is 3.60. The van der Waals surface area contributed by atoms with Crippen LogP contribution in [0.15, 0.2) is 42.6 Å². The summed E-state index contributed by atoms with van der Waals surface area (Å²) in [4.78, 5) is 4.17. The summed E-state index contributed by atoms with van der Waals surface area (Å²) in [5, 5.41) is 0. The second-order valence-electron chi connectivity index (χ2n) is 3.72. The maximum atomic E-state index is 5.69. The highest BCUT2D eigenvalue weighted by Gasteiger charge is 2.00. The number of rotatable bonds is 4. The second kappa shape index (κ2) is 5.34. The van der Waals surface area contributed by atoms with Gasteiger partial charge in [0.05, 0.1) is 12.8 Å². The van der Waals surface area contributed by atoms with Crippen molar-refractivity contribution in [3.63, 3.8) is 0 Å². The highest BCUT2D eigenvalue weighted by atomic mass is 16.5. The fourth-order valence-corrected chi connectivity index (χ4v) is 1.50. The quantitative estimate of drug-likeness (QED) is 0.807. The van der Waals surface area contributed by atoms with Crippen LogP contribution >= 0.6 is 0 Å². The van der Waals surface area contributed by atoms with Gasteiger partial charge in [-0.05, 0) is 36.8 Å². The molecule has 1 aromatic carbocycles. The van der Waals surface area contributed by atoms with Crippen molar-refractivity contribution in [2.45, 2.75) is 13.5 Å². The molecule has 1 heterocycles. The van der Waals surface area contributed by atoms with Crippen LogP contribution in [0.2, 0.25) is 0 Å². The molecule has 2 aromatic rings. The van der Waals surface area contributed by atoms with Crippen molar-refractivity contribution in [1.29, 1.82) is 0 Å². The highest BCUT2D eigenvalue weighted by molar-refractivity contribution is 5.29. The number of aromatic nitrogens is 1. The average Bonchev–Trinajstić information content (AvgIpc) is 2.38. The van der Waals surface area contributed by atoms with Crippen molar-refractivity contribution < 1.29 is 9.47 Å². The molecule has 0 amide bonds. The molecule has 17 heavy (non-hydrogen) atoms.